The second-order valence-corrected chi connectivity index (χ2v) is 5.60. The zero-order valence-corrected chi connectivity index (χ0v) is 15.8. The minimum atomic E-state index is 0.349. The van der Waals surface area contributed by atoms with Crippen molar-refractivity contribution in [3.05, 3.63) is 47.1 Å². The predicted molar refractivity (Wildman–Crippen MR) is 104 cm³/mol. The molecule has 0 atom stereocenters. The summed E-state index contributed by atoms with van der Waals surface area (Å²) in [5, 5.41) is 11.3. The van der Waals surface area contributed by atoms with Crippen LogP contribution in [0.5, 0.6) is 17.2 Å². The Labute approximate surface area is 160 Å². The number of benzene rings is 1. The van der Waals surface area contributed by atoms with Gasteiger partial charge >= 0.3 is 0 Å². The Bertz CT molecular complexity index is 993. The zero-order valence-electron chi connectivity index (χ0n) is 15.0. The molecule has 0 aliphatic carbocycles. The van der Waals surface area contributed by atoms with E-state index in [9.17, 15) is 0 Å². The fraction of sp³-hybridized carbons (Fsp3) is 0.167. The van der Waals surface area contributed by atoms with Crippen LogP contribution in [-0.4, -0.2) is 42.4 Å². The summed E-state index contributed by atoms with van der Waals surface area (Å²) in [6.45, 7) is 0. The normalized spacial score (nSPS) is 11.4. The lowest BCUT2D eigenvalue weighted by Crippen LogP contribution is -1.98. The van der Waals surface area contributed by atoms with Crippen LogP contribution in [-0.2, 0) is 0 Å². The summed E-state index contributed by atoms with van der Waals surface area (Å²) >= 11 is 5.27. The number of furan rings is 1. The molecule has 27 heavy (non-hydrogen) atoms. The molecule has 0 saturated heterocycles. The number of ether oxygens (including phenoxy) is 3. The number of aromatic nitrogens is 3. The van der Waals surface area contributed by atoms with Crippen LogP contribution in [0.2, 0.25) is 0 Å². The Balaban J connectivity index is 1.98. The van der Waals surface area contributed by atoms with Gasteiger partial charge in [0.05, 0.1) is 27.6 Å². The predicted octanol–water partition coefficient (Wildman–Crippen LogP) is 3.77. The summed E-state index contributed by atoms with van der Waals surface area (Å²) in [5.41, 5.74) is 0.698. The molecule has 0 spiro atoms. The van der Waals surface area contributed by atoms with Crippen LogP contribution >= 0.6 is 12.2 Å². The molecular weight excluding hydrogens is 368 g/mol. The first-order valence-electron chi connectivity index (χ1n) is 7.90. The van der Waals surface area contributed by atoms with E-state index in [0.717, 1.165) is 5.76 Å². The Morgan fingerprint density at radius 2 is 1.93 bits per heavy atom. The highest BCUT2D eigenvalue weighted by Crippen LogP contribution is 2.40. The van der Waals surface area contributed by atoms with Crippen molar-refractivity contribution in [1.82, 2.24) is 14.9 Å². The van der Waals surface area contributed by atoms with Gasteiger partial charge in [0.15, 0.2) is 17.3 Å². The molecule has 0 radical (unpaired) electrons. The quantitative estimate of drug-likeness (QED) is 0.491. The van der Waals surface area contributed by atoms with Gasteiger partial charge in [0.1, 0.15) is 5.76 Å². The maximum Gasteiger partial charge on any atom is 0.216 e. The van der Waals surface area contributed by atoms with Crippen molar-refractivity contribution in [3.63, 3.8) is 0 Å². The fourth-order valence-corrected chi connectivity index (χ4v) is 2.60. The average Bonchev–Trinajstić information content (AvgIpc) is 3.34. The number of H-pyrrole nitrogens is 1. The highest BCUT2D eigenvalue weighted by atomic mass is 32.1. The van der Waals surface area contributed by atoms with Crippen molar-refractivity contribution < 1.29 is 18.6 Å². The molecule has 0 unspecified atom stereocenters. The minimum absolute atomic E-state index is 0.349. The third kappa shape index (κ3) is 3.93. The van der Waals surface area contributed by atoms with Gasteiger partial charge in [0.2, 0.25) is 10.5 Å². The number of hydrogen-bond acceptors (Lipinski definition) is 7. The Morgan fingerprint density at radius 1 is 1.19 bits per heavy atom. The number of allylic oxidation sites excluding steroid dienone is 1. The van der Waals surface area contributed by atoms with Crippen molar-refractivity contribution in [3.8, 4) is 28.6 Å². The summed E-state index contributed by atoms with van der Waals surface area (Å²) in [7, 11) is 4.65. The van der Waals surface area contributed by atoms with E-state index >= 15 is 0 Å². The first kappa shape index (κ1) is 18.5. The van der Waals surface area contributed by atoms with Crippen molar-refractivity contribution in [2.75, 3.05) is 21.3 Å². The Morgan fingerprint density at radius 3 is 2.52 bits per heavy atom. The highest BCUT2D eigenvalue weighted by molar-refractivity contribution is 7.71. The van der Waals surface area contributed by atoms with Crippen LogP contribution < -0.4 is 14.2 Å². The zero-order chi connectivity index (χ0) is 19.2. The number of nitrogens with one attached hydrogen (secondary N) is 1. The molecular formula is C18H18N4O4S. The summed E-state index contributed by atoms with van der Waals surface area (Å²) in [5.74, 6) is 2.74. The first-order chi connectivity index (χ1) is 13.2. The third-order valence-corrected chi connectivity index (χ3v) is 3.91. The summed E-state index contributed by atoms with van der Waals surface area (Å²) in [6, 6.07) is 7.20. The van der Waals surface area contributed by atoms with Crippen LogP contribution in [0.3, 0.4) is 0 Å². The van der Waals surface area contributed by atoms with E-state index in [1.165, 1.54) is 4.68 Å². The molecule has 3 rings (SSSR count). The molecule has 0 aliphatic rings. The van der Waals surface area contributed by atoms with Gasteiger partial charge < -0.3 is 18.6 Å². The van der Waals surface area contributed by atoms with Gasteiger partial charge in [-0.3, -0.25) is 0 Å². The second kappa shape index (κ2) is 8.37. The van der Waals surface area contributed by atoms with E-state index in [1.807, 2.05) is 12.1 Å². The lowest BCUT2D eigenvalue weighted by molar-refractivity contribution is 0.324. The Kier molecular flexibility index (Phi) is 5.72. The van der Waals surface area contributed by atoms with Gasteiger partial charge in [-0.25, -0.2) is 5.10 Å². The van der Waals surface area contributed by atoms with Crippen molar-refractivity contribution >= 4 is 24.5 Å². The largest absolute Gasteiger partial charge is 0.493 e. The maximum atomic E-state index is 5.39. The molecule has 0 aliphatic heterocycles. The monoisotopic (exact) mass is 386 g/mol. The second-order valence-electron chi connectivity index (χ2n) is 5.22. The number of aromatic amines is 1. The van der Waals surface area contributed by atoms with E-state index in [0.29, 0.717) is 33.4 Å². The van der Waals surface area contributed by atoms with E-state index in [2.05, 4.69) is 15.3 Å². The SMILES string of the molecule is COc1cc(-c2n[nH]c(=S)n2/N=C\C=C\c2ccco2)cc(OC)c1OC. The summed E-state index contributed by atoms with van der Waals surface area (Å²) in [6.07, 6.45) is 6.72. The van der Waals surface area contributed by atoms with Crippen LogP contribution in [0.1, 0.15) is 5.76 Å². The van der Waals surface area contributed by atoms with Crippen LogP contribution in [0.25, 0.3) is 17.5 Å². The van der Waals surface area contributed by atoms with E-state index in [1.54, 1.807) is 58.1 Å². The summed E-state index contributed by atoms with van der Waals surface area (Å²) < 4.78 is 23.2. The molecule has 8 nitrogen and oxygen atoms in total. The molecule has 1 aromatic carbocycles. The van der Waals surface area contributed by atoms with Gasteiger partial charge in [-0.05, 0) is 48.6 Å². The molecule has 2 aromatic heterocycles. The topological polar surface area (TPSA) is 86.8 Å². The Hall–Kier alpha value is -3.33. The number of nitrogens with zero attached hydrogens (tertiary/aromatic N) is 3. The van der Waals surface area contributed by atoms with E-state index in [4.69, 9.17) is 30.8 Å². The highest BCUT2D eigenvalue weighted by Gasteiger charge is 2.17. The molecule has 0 bridgehead atoms. The van der Waals surface area contributed by atoms with Crippen molar-refractivity contribution in [1.29, 1.82) is 0 Å². The van der Waals surface area contributed by atoms with Crippen LogP contribution in [0, 0.1) is 4.77 Å². The van der Waals surface area contributed by atoms with E-state index in [-0.39, 0.29) is 0 Å². The fourth-order valence-electron chi connectivity index (χ4n) is 2.42. The lowest BCUT2D eigenvalue weighted by Gasteiger charge is -2.13. The number of hydrogen-bond donors (Lipinski definition) is 1. The van der Waals surface area contributed by atoms with E-state index < -0.39 is 0 Å². The molecule has 2 heterocycles. The first-order valence-corrected chi connectivity index (χ1v) is 8.31. The molecule has 0 fully saturated rings. The standard InChI is InChI=1S/C18H18N4O4S/c1-23-14-10-12(11-15(24-2)16(14)25-3)17-20-21-18(27)22(17)19-8-4-6-13-7-5-9-26-13/h4-11H,1-3H3,(H,21,27)/b6-4+,19-8-. The van der Waals surface area contributed by atoms with Crippen LogP contribution in [0.15, 0.2) is 46.1 Å². The van der Waals surface area contributed by atoms with Crippen molar-refractivity contribution in [2.45, 2.75) is 0 Å². The van der Waals surface area contributed by atoms with Crippen molar-refractivity contribution in [2.24, 2.45) is 5.10 Å². The van der Waals surface area contributed by atoms with Gasteiger partial charge in [-0.1, -0.05) is 0 Å². The van der Waals surface area contributed by atoms with Gasteiger partial charge in [-0.2, -0.15) is 14.9 Å². The molecule has 9 heteroatoms. The molecule has 140 valence electrons. The minimum Gasteiger partial charge on any atom is -0.493 e. The maximum absolute atomic E-state index is 5.39. The average molecular weight is 386 g/mol. The third-order valence-electron chi connectivity index (χ3n) is 3.65. The van der Waals surface area contributed by atoms with Crippen LogP contribution in [0.4, 0.5) is 0 Å². The summed E-state index contributed by atoms with van der Waals surface area (Å²) in [4.78, 5) is 0. The molecule has 0 amide bonds. The lowest BCUT2D eigenvalue weighted by atomic mass is 10.1. The number of rotatable bonds is 7. The molecule has 0 saturated carbocycles. The van der Waals surface area contributed by atoms with Gasteiger partial charge in [-0.15, -0.1) is 0 Å². The van der Waals surface area contributed by atoms with Gasteiger partial charge in [0.25, 0.3) is 0 Å². The molecule has 3 aromatic rings. The number of methoxy groups -OCH3 is 3. The molecule has 1 N–H and O–H groups in total. The smallest absolute Gasteiger partial charge is 0.216 e. The van der Waals surface area contributed by atoms with Gasteiger partial charge in [0, 0.05) is 11.8 Å².